The van der Waals surface area contributed by atoms with Gasteiger partial charge in [-0.05, 0) is 48.6 Å². The summed E-state index contributed by atoms with van der Waals surface area (Å²) in [4.78, 5) is 2.06. The van der Waals surface area contributed by atoms with E-state index in [1.165, 1.54) is 0 Å². The summed E-state index contributed by atoms with van der Waals surface area (Å²) in [6, 6.07) is 12.0. The van der Waals surface area contributed by atoms with Crippen molar-refractivity contribution in [2.24, 2.45) is 0 Å². The maximum Gasteiger partial charge on any atom is 0.180 e. The van der Waals surface area contributed by atoms with Crippen LogP contribution >= 0.6 is 0 Å². The van der Waals surface area contributed by atoms with Gasteiger partial charge in [-0.3, -0.25) is 0 Å². The van der Waals surface area contributed by atoms with Gasteiger partial charge in [0.2, 0.25) is 0 Å². The zero-order valence-corrected chi connectivity index (χ0v) is 25.9. The van der Waals surface area contributed by atoms with Gasteiger partial charge in [0, 0.05) is 95.9 Å². The average molecular weight is 484 g/mol. The molecule has 0 spiro atoms. The van der Waals surface area contributed by atoms with Crippen molar-refractivity contribution in [1.29, 1.82) is 0 Å². The third-order valence-electron chi connectivity index (χ3n) is 5.89. The van der Waals surface area contributed by atoms with Crippen LogP contribution in [0.2, 0.25) is 0 Å². The largest absolute Gasteiger partial charge is 0.507 e. The molecule has 3 aromatic rings. The minimum Gasteiger partial charge on any atom is -0.507 e. The summed E-state index contributed by atoms with van der Waals surface area (Å²) in [6.45, 7) is 7.02. The maximum atomic E-state index is 10.7. The van der Waals surface area contributed by atoms with Crippen molar-refractivity contribution in [3.8, 4) is 22.6 Å². The van der Waals surface area contributed by atoms with Crippen molar-refractivity contribution in [2.45, 2.75) is 58.3 Å². The van der Waals surface area contributed by atoms with Gasteiger partial charge in [0.25, 0.3) is 0 Å². The molecule has 2 N–H and O–H groups in total. The smallest absolute Gasteiger partial charge is 0.180 e. The van der Waals surface area contributed by atoms with Gasteiger partial charge in [-0.2, -0.15) is 5.21 Å². The van der Waals surface area contributed by atoms with Crippen LogP contribution < -0.4 is 9.64 Å². The molecule has 2 aromatic carbocycles. The number of phenols is 1. The van der Waals surface area contributed by atoms with E-state index in [0.29, 0.717) is 6.61 Å². The summed E-state index contributed by atoms with van der Waals surface area (Å²) in [6.07, 6.45) is 4.92. The van der Waals surface area contributed by atoms with Gasteiger partial charge in [0.15, 0.2) is 5.82 Å². The Hall–Kier alpha value is -1.09. The second-order valence-corrected chi connectivity index (χ2v) is 9.05. The van der Waals surface area contributed by atoms with E-state index >= 15 is 0 Å². The average Bonchev–Trinajstić information content (AvgIpc) is 3.32. The second-order valence-electron chi connectivity index (χ2n) is 9.05. The van der Waals surface area contributed by atoms with Crippen LogP contribution in [-0.2, 0) is 11.8 Å². The second kappa shape index (κ2) is 14.5. The van der Waals surface area contributed by atoms with Crippen molar-refractivity contribution in [3.05, 3.63) is 47.8 Å². The van der Waals surface area contributed by atoms with Crippen molar-refractivity contribution in [2.75, 3.05) is 25.6 Å². The summed E-state index contributed by atoms with van der Waals surface area (Å²) in [5.74, 6) is 1.77. The van der Waals surface area contributed by atoms with E-state index in [1.54, 1.807) is 6.07 Å². The van der Waals surface area contributed by atoms with Crippen LogP contribution in [0.25, 0.3) is 11.1 Å². The summed E-state index contributed by atoms with van der Waals surface area (Å²) < 4.78 is 6.06. The first-order valence-electron chi connectivity index (χ1n) is 11.3. The van der Waals surface area contributed by atoms with E-state index in [0.717, 1.165) is 66.1 Å². The molecular formula is C25H35N5Na2O2. The molecule has 0 atom stereocenters. The Balaban J connectivity index is 0.00000289. The number of benzene rings is 2. The fourth-order valence-electron chi connectivity index (χ4n) is 3.80. The molecule has 0 aliphatic carbocycles. The normalized spacial score (nSPS) is 10.9. The number of nitrogens with zero attached hydrogens (tertiary/aromatic N) is 4. The number of aromatic amines is 1. The summed E-state index contributed by atoms with van der Waals surface area (Å²) in [5.41, 5.74) is 3.95. The van der Waals surface area contributed by atoms with Crippen molar-refractivity contribution in [3.63, 3.8) is 0 Å². The fraction of sp³-hybridized carbons (Fsp3) is 0.480. The number of unbranched alkanes of at least 4 members (excludes halogenated alkanes) is 2. The number of aromatic nitrogens is 4. The van der Waals surface area contributed by atoms with Gasteiger partial charge < -0.3 is 14.7 Å². The van der Waals surface area contributed by atoms with Crippen LogP contribution in [0.5, 0.6) is 11.5 Å². The molecule has 1 aromatic heterocycles. The van der Waals surface area contributed by atoms with Crippen LogP contribution in [0.4, 0.5) is 5.69 Å². The molecule has 0 fully saturated rings. The number of phenolic OH excluding ortho intramolecular Hbond substituents is 1. The van der Waals surface area contributed by atoms with E-state index in [9.17, 15) is 5.11 Å². The number of hydrogen-bond acceptors (Lipinski definition) is 6. The molecule has 34 heavy (non-hydrogen) atoms. The Morgan fingerprint density at radius 3 is 2.47 bits per heavy atom. The minimum absolute atomic E-state index is 0. The Labute approximate surface area is 247 Å². The number of aromatic hydroxyl groups is 1. The molecule has 0 unspecified atom stereocenters. The summed E-state index contributed by atoms with van der Waals surface area (Å²) >= 11 is 0. The first kappa shape index (κ1) is 30.9. The number of anilines is 1. The van der Waals surface area contributed by atoms with Gasteiger partial charge in [0.05, 0.1) is 6.61 Å². The fourth-order valence-corrected chi connectivity index (χ4v) is 3.80. The maximum absolute atomic E-state index is 10.7. The van der Waals surface area contributed by atoms with Crippen LogP contribution in [0.3, 0.4) is 0 Å². The number of aryl methyl sites for hydroxylation is 1. The van der Waals surface area contributed by atoms with Crippen LogP contribution in [-0.4, -0.2) is 106 Å². The third-order valence-corrected chi connectivity index (χ3v) is 5.89. The molecule has 0 saturated carbocycles. The predicted molar refractivity (Wildman–Crippen MR) is 140 cm³/mol. The number of hydrogen-bond donors (Lipinski definition) is 2. The minimum atomic E-state index is -0.0885. The van der Waals surface area contributed by atoms with Gasteiger partial charge in [-0.15, -0.1) is 10.2 Å². The molecule has 174 valence electrons. The summed E-state index contributed by atoms with van der Waals surface area (Å²) in [5, 5.41) is 25.1. The van der Waals surface area contributed by atoms with Crippen molar-refractivity contribution < 1.29 is 9.84 Å². The Bertz CT molecular complexity index is 1010. The SMILES string of the molecule is CCc1cc(-c2cccc(N(C)C)c2)c(O)cc1OCCCCCC(C)(C)c1nn[nH]n1.[Na].[Na]. The van der Waals surface area contributed by atoms with E-state index in [2.05, 4.69) is 58.4 Å². The number of H-pyrrole nitrogens is 1. The summed E-state index contributed by atoms with van der Waals surface area (Å²) in [7, 11) is 4.03. The molecule has 0 aliphatic heterocycles. The number of rotatable bonds is 11. The van der Waals surface area contributed by atoms with Crippen LogP contribution in [0, 0.1) is 0 Å². The number of ether oxygens (including phenoxy) is 1. The zero-order chi connectivity index (χ0) is 23.1. The topological polar surface area (TPSA) is 87.2 Å². The molecular weight excluding hydrogens is 448 g/mol. The van der Waals surface area contributed by atoms with Gasteiger partial charge in [0.1, 0.15) is 11.5 Å². The first-order valence-corrected chi connectivity index (χ1v) is 11.3. The van der Waals surface area contributed by atoms with E-state index in [1.807, 2.05) is 32.3 Å². The van der Waals surface area contributed by atoms with Crippen LogP contribution in [0.1, 0.15) is 57.8 Å². The quantitative estimate of drug-likeness (QED) is 0.311. The molecule has 1 heterocycles. The van der Waals surface area contributed by atoms with Crippen molar-refractivity contribution in [1.82, 2.24) is 20.6 Å². The van der Waals surface area contributed by atoms with E-state index in [4.69, 9.17) is 4.74 Å². The first-order chi connectivity index (χ1) is 15.3. The molecule has 7 nitrogen and oxygen atoms in total. The van der Waals surface area contributed by atoms with Gasteiger partial charge in [-0.25, -0.2) is 0 Å². The molecule has 0 amide bonds. The van der Waals surface area contributed by atoms with E-state index in [-0.39, 0.29) is 70.3 Å². The molecule has 0 bridgehead atoms. The standard InChI is InChI=1S/C25H35N5O2.2Na/c1-6-18-16-21(19-11-10-12-20(15-19)30(4)5)22(31)17-23(18)32-14-9-7-8-13-25(2,3)24-26-28-29-27-24;;/h10-12,15-17,31H,6-9,13-14H2,1-5H3,(H,26,27,28,29);;. The van der Waals surface area contributed by atoms with E-state index < -0.39 is 0 Å². The Morgan fingerprint density at radius 2 is 1.82 bits per heavy atom. The molecule has 3 rings (SSSR count). The zero-order valence-electron chi connectivity index (χ0n) is 21.9. The van der Waals surface area contributed by atoms with Crippen LogP contribution in [0.15, 0.2) is 36.4 Å². The number of nitrogens with one attached hydrogen (secondary N) is 1. The monoisotopic (exact) mass is 483 g/mol. The Kier molecular flexibility index (Phi) is 13.2. The molecule has 0 aliphatic rings. The Morgan fingerprint density at radius 1 is 1.06 bits per heavy atom. The number of tetrazole rings is 1. The van der Waals surface area contributed by atoms with Crippen molar-refractivity contribution >= 4 is 64.8 Å². The third kappa shape index (κ3) is 8.25. The van der Waals surface area contributed by atoms with Gasteiger partial charge in [-0.1, -0.05) is 51.0 Å². The van der Waals surface area contributed by atoms with Gasteiger partial charge >= 0.3 is 0 Å². The molecule has 2 radical (unpaired) electrons. The molecule has 0 saturated heterocycles. The predicted octanol–water partition coefficient (Wildman–Crippen LogP) is 4.36. The molecule has 9 heteroatoms.